The van der Waals surface area contributed by atoms with Crippen LogP contribution in [-0.2, 0) is 5.88 Å². The van der Waals surface area contributed by atoms with Gasteiger partial charge in [-0.15, -0.1) is 11.6 Å². The molecular weight excluding hydrogens is 256 g/mol. The molecule has 106 valence electrons. The number of rotatable bonds is 3. The van der Waals surface area contributed by atoms with E-state index in [0.29, 0.717) is 12.0 Å². The van der Waals surface area contributed by atoms with Gasteiger partial charge in [0.05, 0.1) is 6.10 Å². The van der Waals surface area contributed by atoms with Crippen molar-refractivity contribution in [2.24, 2.45) is 11.8 Å². The Kier molecular flexibility index (Phi) is 4.78. The lowest BCUT2D eigenvalue weighted by Gasteiger charge is -2.33. The number of hydrogen-bond donors (Lipinski definition) is 0. The first-order valence-corrected chi connectivity index (χ1v) is 7.87. The van der Waals surface area contributed by atoms with Crippen LogP contribution in [0.4, 0.5) is 0 Å². The summed E-state index contributed by atoms with van der Waals surface area (Å²) in [5, 5.41) is 0. The van der Waals surface area contributed by atoms with E-state index in [4.69, 9.17) is 16.3 Å². The average Bonchev–Trinajstić information content (AvgIpc) is 2.37. The highest BCUT2D eigenvalue weighted by Crippen LogP contribution is 2.34. The number of aryl methyl sites for hydroxylation is 2. The van der Waals surface area contributed by atoms with Crippen molar-refractivity contribution < 1.29 is 4.74 Å². The second-order valence-corrected chi connectivity index (χ2v) is 6.47. The van der Waals surface area contributed by atoms with Gasteiger partial charge in [0.1, 0.15) is 5.75 Å². The van der Waals surface area contributed by atoms with Crippen molar-refractivity contribution in [3.8, 4) is 5.75 Å². The number of alkyl halides is 1. The highest BCUT2D eigenvalue weighted by atomic mass is 35.5. The molecule has 0 N–H and O–H groups in total. The maximum atomic E-state index is 6.29. The summed E-state index contributed by atoms with van der Waals surface area (Å²) in [6.07, 6.45) is 4.02. The highest BCUT2D eigenvalue weighted by Gasteiger charge is 2.26. The smallest absolute Gasteiger partial charge is 0.125 e. The molecule has 3 atom stereocenters. The summed E-state index contributed by atoms with van der Waals surface area (Å²) in [4.78, 5) is 0. The predicted octanol–water partition coefficient (Wildman–Crippen LogP) is 5.25. The van der Waals surface area contributed by atoms with Gasteiger partial charge in [-0.1, -0.05) is 26.0 Å². The third kappa shape index (κ3) is 3.45. The van der Waals surface area contributed by atoms with Crippen molar-refractivity contribution in [2.45, 2.75) is 58.9 Å². The molecule has 1 fully saturated rings. The fraction of sp³-hybridized carbons (Fsp3) is 0.647. The number of halogens is 1. The quantitative estimate of drug-likeness (QED) is 0.688. The van der Waals surface area contributed by atoms with Crippen molar-refractivity contribution in [3.63, 3.8) is 0 Å². The molecule has 0 aliphatic heterocycles. The van der Waals surface area contributed by atoms with Crippen molar-refractivity contribution in [3.05, 3.63) is 28.8 Å². The van der Waals surface area contributed by atoms with Crippen molar-refractivity contribution >= 4 is 11.6 Å². The molecule has 2 rings (SSSR count). The number of hydrogen-bond acceptors (Lipinski definition) is 1. The molecule has 0 spiro atoms. The standard InChI is InChI=1S/C17H25ClO/c1-11-5-6-16(9-12(11)2)19-17-13(3)7-15(10-18)8-14(17)4/h7-8,11-12,16H,5-6,9-10H2,1-4H3. The van der Waals surface area contributed by atoms with Crippen LogP contribution in [0.3, 0.4) is 0 Å². The Morgan fingerprint density at radius 2 is 1.74 bits per heavy atom. The minimum Gasteiger partial charge on any atom is -0.490 e. The van der Waals surface area contributed by atoms with Crippen LogP contribution < -0.4 is 4.74 Å². The molecule has 0 radical (unpaired) electrons. The van der Waals surface area contributed by atoms with Crippen molar-refractivity contribution in [2.75, 3.05) is 0 Å². The summed E-state index contributed by atoms with van der Waals surface area (Å²) in [6.45, 7) is 8.93. The lowest BCUT2D eigenvalue weighted by atomic mass is 9.80. The summed E-state index contributed by atoms with van der Waals surface area (Å²) in [5.74, 6) is 3.24. The molecule has 0 bridgehead atoms. The summed E-state index contributed by atoms with van der Waals surface area (Å²) in [5.41, 5.74) is 3.60. The minimum absolute atomic E-state index is 0.380. The molecule has 1 aromatic rings. The largest absolute Gasteiger partial charge is 0.490 e. The van der Waals surface area contributed by atoms with Crippen LogP contribution in [0.15, 0.2) is 12.1 Å². The van der Waals surface area contributed by atoms with E-state index < -0.39 is 0 Å². The SMILES string of the molecule is Cc1cc(CCl)cc(C)c1OC1CCC(C)C(C)C1. The lowest BCUT2D eigenvalue weighted by molar-refractivity contribution is 0.0993. The molecule has 0 aromatic heterocycles. The van der Waals surface area contributed by atoms with E-state index in [1.165, 1.54) is 36.0 Å². The van der Waals surface area contributed by atoms with E-state index in [1.807, 2.05) is 0 Å². The van der Waals surface area contributed by atoms with Gasteiger partial charge in [0, 0.05) is 5.88 Å². The molecule has 0 amide bonds. The molecule has 1 saturated carbocycles. The predicted molar refractivity (Wildman–Crippen MR) is 82.1 cm³/mol. The third-order valence-corrected chi connectivity index (χ3v) is 4.82. The van der Waals surface area contributed by atoms with Gasteiger partial charge in [-0.3, -0.25) is 0 Å². The molecule has 0 heterocycles. The van der Waals surface area contributed by atoms with Crippen molar-refractivity contribution in [1.29, 1.82) is 0 Å². The van der Waals surface area contributed by atoms with Crippen LogP contribution in [0, 0.1) is 25.7 Å². The van der Waals surface area contributed by atoms with E-state index in [1.54, 1.807) is 0 Å². The zero-order valence-electron chi connectivity index (χ0n) is 12.5. The molecule has 1 aliphatic carbocycles. The monoisotopic (exact) mass is 280 g/mol. The molecule has 2 heteroatoms. The van der Waals surface area contributed by atoms with Crippen LogP contribution in [0.2, 0.25) is 0 Å². The van der Waals surface area contributed by atoms with Crippen LogP contribution in [0.5, 0.6) is 5.75 Å². The Labute approximate surface area is 122 Å². The Hall–Kier alpha value is -0.690. The van der Waals surface area contributed by atoms with Gasteiger partial charge in [-0.25, -0.2) is 0 Å². The molecule has 1 aromatic carbocycles. The van der Waals surface area contributed by atoms with Gasteiger partial charge < -0.3 is 4.74 Å². The summed E-state index contributed by atoms with van der Waals surface area (Å²) < 4.78 is 6.29. The Balaban J connectivity index is 2.11. The topological polar surface area (TPSA) is 9.23 Å². The summed E-state index contributed by atoms with van der Waals surface area (Å²) >= 11 is 5.91. The molecule has 0 saturated heterocycles. The molecular formula is C17H25ClO. The Bertz CT molecular complexity index is 418. The zero-order chi connectivity index (χ0) is 14.0. The second-order valence-electron chi connectivity index (χ2n) is 6.20. The minimum atomic E-state index is 0.380. The van der Waals surface area contributed by atoms with Gasteiger partial charge in [-0.05, 0) is 61.6 Å². The first-order chi connectivity index (χ1) is 9.01. The van der Waals surface area contributed by atoms with Gasteiger partial charge in [0.15, 0.2) is 0 Å². The first kappa shape index (κ1) is 14.7. The summed E-state index contributed by atoms with van der Waals surface area (Å²) in [6, 6.07) is 4.29. The Morgan fingerprint density at radius 1 is 1.11 bits per heavy atom. The molecule has 3 unspecified atom stereocenters. The molecule has 1 aliphatic rings. The van der Waals surface area contributed by atoms with Crippen LogP contribution >= 0.6 is 11.6 Å². The molecule has 19 heavy (non-hydrogen) atoms. The third-order valence-electron chi connectivity index (χ3n) is 4.51. The van der Waals surface area contributed by atoms with Gasteiger partial charge >= 0.3 is 0 Å². The van der Waals surface area contributed by atoms with E-state index in [0.717, 1.165) is 17.6 Å². The van der Waals surface area contributed by atoms with E-state index in [9.17, 15) is 0 Å². The van der Waals surface area contributed by atoms with Gasteiger partial charge in [-0.2, -0.15) is 0 Å². The van der Waals surface area contributed by atoms with Crippen LogP contribution in [-0.4, -0.2) is 6.10 Å². The zero-order valence-corrected chi connectivity index (χ0v) is 13.3. The fourth-order valence-corrected chi connectivity index (χ4v) is 3.23. The first-order valence-electron chi connectivity index (χ1n) is 7.34. The lowest BCUT2D eigenvalue weighted by Crippen LogP contribution is -2.29. The number of benzene rings is 1. The second kappa shape index (κ2) is 6.17. The Morgan fingerprint density at radius 3 is 2.26 bits per heavy atom. The van der Waals surface area contributed by atoms with E-state index >= 15 is 0 Å². The maximum absolute atomic E-state index is 6.29. The average molecular weight is 281 g/mol. The van der Waals surface area contributed by atoms with E-state index in [-0.39, 0.29) is 0 Å². The highest BCUT2D eigenvalue weighted by molar-refractivity contribution is 6.17. The number of ether oxygens (including phenoxy) is 1. The van der Waals surface area contributed by atoms with Crippen LogP contribution in [0.25, 0.3) is 0 Å². The molecule has 1 nitrogen and oxygen atoms in total. The fourth-order valence-electron chi connectivity index (χ4n) is 3.07. The van der Waals surface area contributed by atoms with Gasteiger partial charge in [0.2, 0.25) is 0 Å². The summed E-state index contributed by atoms with van der Waals surface area (Å²) in [7, 11) is 0. The van der Waals surface area contributed by atoms with Crippen LogP contribution in [0.1, 0.15) is 49.8 Å². The van der Waals surface area contributed by atoms with E-state index in [2.05, 4.69) is 39.8 Å². The normalized spacial score (nSPS) is 27.3. The van der Waals surface area contributed by atoms with Gasteiger partial charge in [0.25, 0.3) is 0 Å². The maximum Gasteiger partial charge on any atom is 0.125 e. The van der Waals surface area contributed by atoms with Crippen molar-refractivity contribution in [1.82, 2.24) is 0 Å².